The molecule has 2 heterocycles. The van der Waals surface area contributed by atoms with Crippen molar-refractivity contribution in [3.05, 3.63) is 72.4 Å². The number of para-hydroxylation sites is 1. The molecule has 25 heavy (non-hydrogen) atoms. The predicted molar refractivity (Wildman–Crippen MR) is 89.9 cm³/mol. The van der Waals surface area contributed by atoms with Crippen LogP contribution in [-0.2, 0) is 11.3 Å². The molecular formula is C18H15N5O2. The molecule has 0 radical (unpaired) electrons. The van der Waals surface area contributed by atoms with Crippen LogP contribution >= 0.6 is 0 Å². The highest BCUT2D eigenvalue weighted by Crippen LogP contribution is 2.16. The summed E-state index contributed by atoms with van der Waals surface area (Å²) in [5.41, 5.74) is 1.27. The molecule has 0 spiro atoms. The highest BCUT2D eigenvalue weighted by atomic mass is 16.5. The molecule has 3 rings (SSSR count). The van der Waals surface area contributed by atoms with E-state index in [1.165, 1.54) is 0 Å². The Balaban J connectivity index is 1.50. The first-order valence-electron chi connectivity index (χ1n) is 7.58. The number of carbonyl (C=O) groups excluding carboxylic acids is 1. The average Bonchev–Trinajstić information content (AvgIpc) is 3.20. The van der Waals surface area contributed by atoms with Crippen molar-refractivity contribution < 1.29 is 9.53 Å². The molecule has 0 atom stereocenters. The summed E-state index contributed by atoms with van der Waals surface area (Å²) in [6, 6.07) is 12.5. The van der Waals surface area contributed by atoms with E-state index in [2.05, 4.69) is 15.3 Å². The van der Waals surface area contributed by atoms with Crippen molar-refractivity contribution in [1.82, 2.24) is 19.9 Å². The maximum absolute atomic E-state index is 11.9. The Hall–Kier alpha value is -3.66. The van der Waals surface area contributed by atoms with Crippen LogP contribution in [0.1, 0.15) is 11.1 Å². The van der Waals surface area contributed by atoms with Gasteiger partial charge in [0.15, 0.2) is 6.61 Å². The SMILES string of the molecule is N#Cc1ccccc1OCC(=O)NCc1ccc(-n2ccnc2)nc1. The summed E-state index contributed by atoms with van der Waals surface area (Å²) < 4.78 is 7.18. The molecular weight excluding hydrogens is 318 g/mol. The second kappa shape index (κ2) is 7.75. The first-order valence-corrected chi connectivity index (χ1v) is 7.58. The van der Waals surface area contributed by atoms with Gasteiger partial charge >= 0.3 is 0 Å². The predicted octanol–water partition coefficient (Wildman–Crippen LogP) is 1.83. The van der Waals surface area contributed by atoms with Gasteiger partial charge in [0.1, 0.15) is 24.0 Å². The van der Waals surface area contributed by atoms with Gasteiger partial charge in [-0.15, -0.1) is 0 Å². The van der Waals surface area contributed by atoms with Crippen LogP contribution < -0.4 is 10.1 Å². The number of pyridine rings is 1. The zero-order valence-corrected chi connectivity index (χ0v) is 13.3. The lowest BCUT2D eigenvalue weighted by Crippen LogP contribution is -2.28. The van der Waals surface area contributed by atoms with Gasteiger partial charge in [-0.3, -0.25) is 9.36 Å². The normalized spacial score (nSPS) is 10.0. The van der Waals surface area contributed by atoms with Gasteiger partial charge in [0.25, 0.3) is 5.91 Å². The van der Waals surface area contributed by atoms with E-state index < -0.39 is 0 Å². The van der Waals surface area contributed by atoms with E-state index in [1.807, 2.05) is 18.2 Å². The van der Waals surface area contributed by atoms with Gasteiger partial charge in [0.2, 0.25) is 0 Å². The highest BCUT2D eigenvalue weighted by Gasteiger charge is 2.06. The summed E-state index contributed by atoms with van der Waals surface area (Å²) in [6.45, 7) is 0.193. The van der Waals surface area contributed by atoms with Gasteiger partial charge in [-0.25, -0.2) is 9.97 Å². The van der Waals surface area contributed by atoms with Gasteiger partial charge in [-0.05, 0) is 23.8 Å². The molecule has 1 amide bonds. The molecule has 0 aliphatic heterocycles. The largest absolute Gasteiger partial charge is 0.482 e. The Morgan fingerprint density at radius 1 is 1.28 bits per heavy atom. The standard InChI is InChI=1S/C18H15N5O2/c19-9-15-3-1-2-4-16(15)25-12-18(24)22-11-14-5-6-17(21-10-14)23-8-7-20-13-23/h1-8,10,13H,11-12H2,(H,22,24). The summed E-state index contributed by atoms with van der Waals surface area (Å²) in [6.07, 6.45) is 6.85. The van der Waals surface area contributed by atoms with Crippen molar-refractivity contribution in [2.45, 2.75) is 6.54 Å². The number of nitrogens with one attached hydrogen (secondary N) is 1. The Labute approximate surface area is 144 Å². The molecule has 2 aromatic heterocycles. The lowest BCUT2D eigenvalue weighted by Gasteiger charge is -2.09. The minimum Gasteiger partial charge on any atom is -0.482 e. The number of hydrogen-bond donors (Lipinski definition) is 1. The van der Waals surface area contributed by atoms with E-state index in [0.717, 1.165) is 11.4 Å². The van der Waals surface area contributed by atoms with Gasteiger partial charge in [-0.2, -0.15) is 5.26 Å². The fourth-order valence-corrected chi connectivity index (χ4v) is 2.15. The first kappa shape index (κ1) is 16.2. The quantitative estimate of drug-likeness (QED) is 0.743. The number of aromatic nitrogens is 3. The zero-order valence-electron chi connectivity index (χ0n) is 13.3. The summed E-state index contributed by atoms with van der Waals surface area (Å²) in [4.78, 5) is 20.2. The monoisotopic (exact) mass is 333 g/mol. The van der Waals surface area contributed by atoms with Crippen molar-refractivity contribution >= 4 is 5.91 Å². The lowest BCUT2D eigenvalue weighted by molar-refractivity contribution is -0.123. The molecule has 1 N–H and O–H groups in total. The molecule has 0 bridgehead atoms. The second-order valence-electron chi connectivity index (χ2n) is 5.17. The maximum Gasteiger partial charge on any atom is 0.258 e. The summed E-state index contributed by atoms with van der Waals surface area (Å²) in [7, 11) is 0. The minimum atomic E-state index is -0.272. The van der Waals surface area contributed by atoms with Crippen molar-refractivity contribution in [1.29, 1.82) is 5.26 Å². The first-order chi connectivity index (χ1) is 12.3. The molecule has 124 valence electrons. The van der Waals surface area contributed by atoms with Gasteiger partial charge in [0, 0.05) is 25.1 Å². The van der Waals surface area contributed by atoms with Gasteiger partial charge < -0.3 is 10.1 Å². The summed E-state index contributed by atoms with van der Waals surface area (Å²) >= 11 is 0. The molecule has 0 unspecified atom stereocenters. The van der Waals surface area contributed by atoms with E-state index in [4.69, 9.17) is 10.00 Å². The number of hydrogen-bond acceptors (Lipinski definition) is 5. The third-order valence-electron chi connectivity index (χ3n) is 3.43. The van der Waals surface area contributed by atoms with E-state index in [9.17, 15) is 4.79 Å². The fourth-order valence-electron chi connectivity index (χ4n) is 2.15. The number of imidazole rings is 1. The van der Waals surface area contributed by atoms with Crippen molar-refractivity contribution in [2.75, 3.05) is 6.61 Å². The van der Waals surface area contributed by atoms with Crippen molar-refractivity contribution in [2.24, 2.45) is 0 Å². The molecule has 1 aromatic carbocycles. The third kappa shape index (κ3) is 4.20. The Morgan fingerprint density at radius 3 is 2.88 bits per heavy atom. The van der Waals surface area contributed by atoms with Crippen LogP contribution in [0.3, 0.4) is 0 Å². The van der Waals surface area contributed by atoms with E-state index in [0.29, 0.717) is 17.9 Å². The number of benzene rings is 1. The average molecular weight is 333 g/mol. The third-order valence-corrected chi connectivity index (χ3v) is 3.43. The highest BCUT2D eigenvalue weighted by molar-refractivity contribution is 5.77. The van der Waals surface area contributed by atoms with Crippen LogP contribution in [0.4, 0.5) is 0 Å². The van der Waals surface area contributed by atoms with Crippen LogP contribution in [-0.4, -0.2) is 27.0 Å². The molecule has 0 fully saturated rings. The Kier molecular flexibility index (Phi) is 5.02. The fraction of sp³-hybridized carbons (Fsp3) is 0.111. The van der Waals surface area contributed by atoms with Crippen LogP contribution in [0.5, 0.6) is 5.75 Å². The Morgan fingerprint density at radius 2 is 2.16 bits per heavy atom. The van der Waals surface area contributed by atoms with Crippen LogP contribution in [0.2, 0.25) is 0 Å². The maximum atomic E-state index is 11.9. The number of amides is 1. The van der Waals surface area contributed by atoms with Crippen LogP contribution in [0.15, 0.2) is 61.3 Å². The number of nitriles is 1. The summed E-state index contributed by atoms with van der Waals surface area (Å²) in [5, 5.41) is 11.7. The molecule has 7 heteroatoms. The molecule has 7 nitrogen and oxygen atoms in total. The van der Waals surface area contributed by atoms with Gasteiger partial charge in [0.05, 0.1) is 5.56 Å². The minimum absolute atomic E-state index is 0.154. The van der Waals surface area contributed by atoms with Crippen LogP contribution in [0, 0.1) is 11.3 Å². The smallest absolute Gasteiger partial charge is 0.258 e. The van der Waals surface area contributed by atoms with E-state index in [-0.39, 0.29) is 12.5 Å². The van der Waals surface area contributed by atoms with Crippen LogP contribution in [0.25, 0.3) is 5.82 Å². The number of nitrogens with zero attached hydrogens (tertiary/aromatic N) is 4. The topological polar surface area (TPSA) is 92.8 Å². The molecule has 0 aliphatic carbocycles. The molecule has 0 aliphatic rings. The number of ether oxygens (including phenoxy) is 1. The van der Waals surface area contributed by atoms with E-state index in [1.54, 1.807) is 53.8 Å². The summed E-state index contributed by atoms with van der Waals surface area (Å²) in [5.74, 6) is 0.877. The zero-order chi connectivity index (χ0) is 17.5. The van der Waals surface area contributed by atoms with Crippen molar-refractivity contribution in [3.8, 4) is 17.6 Å². The molecule has 0 saturated carbocycles. The lowest BCUT2D eigenvalue weighted by atomic mass is 10.2. The van der Waals surface area contributed by atoms with Crippen molar-refractivity contribution in [3.63, 3.8) is 0 Å². The number of rotatable bonds is 6. The van der Waals surface area contributed by atoms with E-state index >= 15 is 0 Å². The molecule has 3 aromatic rings. The number of carbonyl (C=O) groups is 1. The van der Waals surface area contributed by atoms with Gasteiger partial charge in [-0.1, -0.05) is 18.2 Å². The Bertz CT molecular complexity index is 883. The second-order valence-corrected chi connectivity index (χ2v) is 5.17. The molecule has 0 saturated heterocycles.